The summed E-state index contributed by atoms with van der Waals surface area (Å²) in [5.74, 6) is 1.34. The van der Waals surface area contributed by atoms with Crippen LogP contribution < -0.4 is 5.32 Å². The lowest BCUT2D eigenvalue weighted by molar-refractivity contribution is -0.122. The quantitative estimate of drug-likeness (QED) is 0.825. The van der Waals surface area contributed by atoms with Crippen molar-refractivity contribution in [2.45, 2.75) is 25.5 Å². The zero-order chi connectivity index (χ0) is 16.8. The van der Waals surface area contributed by atoms with E-state index in [-0.39, 0.29) is 12.5 Å². The first-order valence-corrected chi connectivity index (χ1v) is 8.09. The second-order valence-corrected chi connectivity index (χ2v) is 5.95. The van der Waals surface area contributed by atoms with Gasteiger partial charge in [0.2, 0.25) is 11.8 Å². The normalized spacial score (nSPS) is 18.0. The number of aromatic nitrogens is 2. The molecule has 3 rings (SSSR count). The van der Waals surface area contributed by atoms with Gasteiger partial charge in [-0.2, -0.15) is 4.98 Å². The summed E-state index contributed by atoms with van der Waals surface area (Å²) >= 11 is 0. The first-order valence-electron chi connectivity index (χ1n) is 8.09. The van der Waals surface area contributed by atoms with E-state index in [4.69, 9.17) is 9.26 Å². The maximum Gasteiger partial charge on any atom is 0.246 e. The molecule has 1 aromatic carbocycles. The Morgan fingerprint density at radius 3 is 3.04 bits per heavy atom. The summed E-state index contributed by atoms with van der Waals surface area (Å²) in [5, 5.41) is 6.58. The number of hydrogen-bond acceptors (Lipinski definition) is 6. The lowest BCUT2D eigenvalue weighted by atomic mass is 9.99. The Labute approximate surface area is 141 Å². The highest BCUT2D eigenvalue weighted by Gasteiger charge is 2.25. The Morgan fingerprint density at radius 2 is 2.25 bits per heavy atom. The SMILES string of the molecule is COCc1noc(CNC(=O)CN2CCC(c3ccccc3)C2)n1. The summed E-state index contributed by atoms with van der Waals surface area (Å²) in [6.45, 7) is 2.78. The molecule has 1 aliphatic heterocycles. The Hall–Kier alpha value is -2.25. The largest absolute Gasteiger partial charge is 0.377 e. The van der Waals surface area contributed by atoms with Crippen LogP contribution in [0.5, 0.6) is 0 Å². The number of benzene rings is 1. The molecule has 1 atom stereocenters. The van der Waals surface area contributed by atoms with Gasteiger partial charge in [0.05, 0.1) is 13.1 Å². The fraction of sp³-hybridized carbons (Fsp3) is 0.471. The highest BCUT2D eigenvalue weighted by molar-refractivity contribution is 5.77. The molecule has 2 heterocycles. The van der Waals surface area contributed by atoms with Crippen molar-refractivity contribution in [3.05, 3.63) is 47.6 Å². The lowest BCUT2D eigenvalue weighted by Gasteiger charge is -2.15. The summed E-state index contributed by atoms with van der Waals surface area (Å²) in [6.07, 6.45) is 1.08. The number of carbonyl (C=O) groups excluding carboxylic acids is 1. The first-order chi connectivity index (χ1) is 11.7. The summed E-state index contributed by atoms with van der Waals surface area (Å²) < 4.78 is 9.97. The zero-order valence-electron chi connectivity index (χ0n) is 13.8. The fourth-order valence-electron chi connectivity index (χ4n) is 2.96. The molecule has 1 fully saturated rings. The molecule has 2 aromatic rings. The van der Waals surface area contributed by atoms with E-state index in [9.17, 15) is 4.79 Å². The van der Waals surface area contributed by atoms with Crippen LogP contribution >= 0.6 is 0 Å². The van der Waals surface area contributed by atoms with Crippen molar-refractivity contribution < 1.29 is 14.1 Å². The van der Waals surface area contributed by atoms with Crippen LogP contribution in [0, 0.1) is 0 Å². The van der Waals surface area contributed by atoms with Gasteiger partial charge in [-0.3, -0.25) is 9.69 Å². The maximum atomic E-state index is 12.1. The topological polar surface area (TPSA) is 80.5 Å². The van der Waals surface area contributed by atoms with E-state index >= 15 is 0 Å². The molecule has 0 radical (unpaired) electrons. The van der Waals surface area contributed by atoms with Crippen molar-refractivity contribution in [2.24, 2.45) is 0 Å². The standard InChI is InChI=1S/C17H22N4O3/c1-23-12-15-19-17(24-20-15)9-18-16(22)11-21-8-7-14(10-21)13-5-3-2-4-6-13/h2-6,14H,7-12H2,1H3,(H,18,22). The Morgan fingerprint density at radius 1 is 1.42 bits per heavy atom. The van der Waals surface area contributed by atoms with E-state index in [0.29, 0.717) is 30.8 Å². The average molecular weight is 330 g/mol. The number of likely N-dealkylation sites (tertiary alicyclic amines) is 1. The molecule has 0 aliphatic carbocycles. The van der Waals surface area contributed by atoms with Crippen LogP contribution in [0.4, 0.5) is 0 Å². The van der Waals surface area contributed by atoms with Crippen molar-refractivity contribution in [1.82, 2.24) is 20.4 Å². The van der Waals surface area contributed by atoms with E-state index in [0.717, 1.165) is 19.5 Å². The monoisotopic (exact) mass is 330 g/mol. The molecule has 7 nitrogen and oxygen atoms in total. The molecule has 1 aliphatic rings. The van der Waals surface area contributed by atoms with E-state index < -0.39 is 0 Å². The van der Waals surface area contributed by atoms with Gasteiger partial charge in [-0.05, 0) is 24.4 Å². The number of methoxy groups -OCH3 is 1. The smallest absolute Gasteiger partial charge is 0.246 e. The number of amides is 1. The van der Waals surface area contributed by atoms with E-state index in [1.165, 1.54) is 5.56 Å². The second-order valence-electron chi connectivity index (χ2n) is 5.95. The van der Waals surface area contributed by atoms with Crippen molar-refractivity contribution in [3.63, 3.8) is 0 Å². The van der Waals surface area contributed by atoms with Crippen LogP contribution in [0.15, 0.2) is 34.9 Å². The molecule has 1 aromatic heterocycles. The molecule has 24 heavy (non-hydrogen) atoms. The van der Waals surface area contributed by atoms with Gasteiger partial charge in [-0.1, -0.05) is 35.5 Å². The highest BCUT2D eigenvalue weighted by Crippen LogP contribution is 2.26. The molecular weight excluding hydrogens is 308 g/mol. The van der Waals surface area contributed by atoms with E-state index in [2.05, 4.69) is 44.6 Å². The summed E-state index contributed by atoms with van der Waals surface area (Å²) in [4.78, 5) is 18.4. The van der Waals surface area contributed by atoms with Gasteiger partial charge >= 0.3 is 0 Å². The minimum atomic E-state index is -0.0322. The minimum Gasteiger partial charge on any atom is -0.377 e. The number of nitrogens with zero attached hydrogens (tertiary/aromatic N) is 3. The number of carbonyl (C=O) groups is 1. The minimum absolute atomic E-state index is 0.0322. The van der Waals surface area contributed by atoms with Crippen molar-refractivity contribution in [3.8, 4) is 0 Å². The second kappa shape index (κ2) is 8.03. The van der Waals surface area contributed by atoms with Crippen molar-refractivity contribution >= 4 is 5.91 Å². The Balaban J connectivity index is 1.42. The molecule has 0 spiro atoms. The van der Waals surface area contributed by atoms with Gasteiger partial charge in [0.25, 0.3) is 0 Å². The first kappa shape index (κ1) is 16.6. The number of nitrogens with one attached hydrogen (secondary N) is 1. The third-order valence-corrected chi connectivity index (χ3v) is 4.13. The molecule has 128 valence electrons. The molecule has 1 amide bonds. The molecule has 1 unspecified atom stereocenters. The van der Waals surface area contributed by atoms with Gasteiger partial charge in [0.1, 0.15) is 6.61 Å². The van der Waals surface area contributed by atoms with Gasteiger partial charge in [0.15, 0.2) is 5.82 Å². The van der Waals surface area contributed by atoms with Crippen LogP contribution in [-0.4, -0.2) is 47.7 Å². The average Bonchev–Trinajstić information content (AvgIpc) is 3.24. The van der Waals surface area contributed by atoms with Gasteiger partial charge in [0, 0.05) is 13.7 Å². The third-order valence-electron chi connectivity index (χ3n) is 4.13. The molecule has 1 saturated heterocycles. The molecule has 7 heteroatoms. The molecule has 1 N–H and O–H groups in total. The summed E-state index contributed by atoms with van der Waals surface area (Å²) in [6, 6.07) is 10.5. The zero-order valence-corrected chi connectivity index (χ0v) is 13.8. The predicted octanol–water partition coefficient (Wildman–Crippen LogP) is 1.32. The van der Waals surface area contributed by atoms with Gasteiger partial charge in [-0.15, -0.1) is 0 Å². The highest BCUT2D eigenvalue weighted by atomic mass is 16.5. The van der Waals surface area contributed by atoms with Gasteiger partial charge in [-0.25, -0.2) is 0 Å². The Kier molecular flexibility index (Phi) is 5.55. The number of hydrogen-bond donors (Lipinski definition) is 1. The van der Waals surface area contributed by atoms with Crippen molar-refractivity contribution in [2.75, 3.05) is 26.7 Å². The Bertz CT molecular complexity index is 659. The lowest BCUT2D eigenvalue weighted by Crippen LogP contribution is -2.35. The summed E-state index contributed by atoms with van der Waals surface area (Å²) in [7, 11) is 1.57. The maximum absolute atomic E-state index is 12.1. The predicted molar refractivity (Wildman–Crippen MR) is 87.1 cm³/mol. The fourth-order valence-corrected chi connectivity index (χ4v) is 2.96. The van der Waals surface area contributed by atoms with Crippen LogP contribution in [0.3, 0.4) is 0 Å². The van der Waals surface area contributed by atoms with Crippen LogP contribution in [0.2, 0.25) is 0 Å². The van der Waals surface area contributed by atoms with E-state index in [1.807, 2.05) is 6.07 Å². The summed E-state index contributed by atoms with van der Waals surface area (Å²) in [5.41, 5.74) is 1.34. The van der Waals surface area contributed by atoms with Crippen LogP contribution in [0.1, 0.15) is 29.6 Å². The molecule has 0 saturated carbocycles. The number of rotatable bonds is 7. The van der Waals surface area contributed by atoms with Crippen LogP contribution in [-0.2, 0) is 22.7 Å². The van der Waals surface area contributed by atoms with Crippen LogP contribution in [0.25, 0.3) is 0 Å². The van der Waals surface area contributed by atoms with E-state index in [1.54, 1.807) is 7.11 Å². The van der Waals surface area contributed by atoms with Gasteiger partial charge < -0.3 is 14.6 Å². The van der Waals surface area contributed by atoms with Crippen molar-refractivity contribution in [1.29, 1.82) is 0 Å². The third kappa shape index (κ3) is 4.39. The number of ether oxygens (including phenoxy) is 1. The molecule has 0 bridgehead atoms. The molecular formula is C17H22N4O3.